The van der Waals surface area contributed by atoms with Crippen molar-refractivity contribution in [1.29, 1.82) is 0 Å². The lowest BCUT2D eigenvalue weighted by Gasteiger charge is -2.40. The average molecular weight is 641 g/mol. The van der Waals surface area contributed by atoms with Gasteiger partial charge in [-0.15, -0.1) is 0 Å². The Morgan fingerprint density at radius 3 is 1.62 bits per heavy atom. The summed E-state index contributed by atoms with van der Waals surface area (Å²) in [5.74, 6) is 3.47. The number of nitrogens with zero attached hydrogens (tertiary/aromatic N) is 4. The number of para-hydroxylation sites is 2. The first kappa shape index (κ1) is 28.3. The molecule has 1 spiro atoms. The van der Waals surface area contributed by atoms with Gasteiger partial charge in [-0.25, -0.2) is 15.0 Å². The van der Waals surface area contributed by atoms with Crippen LogP contribution in [0.4, 0.5) is 0 Å². The average Bonchev–Trinajstić information content (AvgIpc) is 3.49. The molecule has 3 heterocycles. The van der Waals surface area contributed by atoms with Gasteiger partial charge in [0.25, 0.3) is 0 Å². The third kappa shape index (κ3) is 4.20. The van der Waals surface area contributed by atoms with E-state index in [1.165, 1.54) is 22.3 Å². The second-order valence-electron chi connectivity index (χ2n) is 12.6. The van der Waals surface area contributed by atoms with E-state index in [0.717, 1.165) is 44.9 Å². The number of ether oxygens (including phenoxy) is 1. The summed E-state index contributed by atoms with van der Waals surface area (Å²) in [6.45, 7) is 0. The van der Waals surface area contributed by atoms with Gasteiger partial charge in [0.15, 0.2) is 17.5 Å². The Kier molecular flexibility index (Phi) is 6.33. The summed E-state index contributed by atoms with van der Waals surface area (Å²) < 4.78 is 6.88. The SMILES string of the molecule is c1ccc(-c2nc(-c3ccc(-c4cccc5c4Oc4ccccc4C54c5ccccc5-c5ccccc54)cc3)nc(-c3ccccn3)n2)cc1. The van der Waals surface area contributed by atoms with Crippen molar-refractivity contribution >= 4 is 0 Å². The first-order valence-corrected chi connectivity index (χ1v) is 16.7. The molecule has 1 aliphatic heterocycles. The van der Waals surface area contributed by atoms with Gasteiger partial charge >= 0.3 is 0 Å². The minimum Gasteiger partial charge on any atom is -0.456 e. The quantitative estimate of drug-likeness (QED) is 0.192. The van der Waals surface area contributed by atoms with Crippen LogP contribution in [0.2, 0.25) is 0 Å². The largest absolute Gasteiger partial charge is 0.456 e. The highest BCUT2D eigenvalue weighted by Gasteiger charge is 2.51. The topological polar surface area (TPSA) is 60.8 Å². The van der Waals surface area contributed by atoms with Crippen LogP contribution < -0.4 is 4.74 Å². The monoisotopic (exact) mass is 640 g/mol. The smallest absolute Gasteiger partial charge is 0.182 e. The summed E-state index contributed by atoms with van der Waals surface area (Å²) in [5.41, 5.74) is 11.4. The molecule has 5 heteroatoms. The minimum atomic E-state index is -0.506. The molecule has 5 nitrogen and oxygen atoms in total. The zero-order valence-corrected chi connectivity index (χ0v) is 26.9. The summed E-state index contributed by atoms with van der Waals surface area (Å²) >= 11 is 0. The van der Waals surface area contributed by atoms with E-state index in [-0.39, 0.29) is 0 Å². The molecule has 10 rings (SSSR count). The van der Waals surface area contributed by atoms with Crippen molar-refractivity contribution in [2.24, 2.45) is 0 Å². The Labute approximate surface area is 289 Å². The molecule has 8 aromatic rings. The van der Waals surface area contributed by atoms with E-state index in [0.29, 0.717) is 23.2 Å². The summed E-state index contributed by atoms with van der Waals surface area (Å²) in [5, 5.41) is 0. The van der Waals surface area contributed by atoms with Gasteiger partial charge in [0, 0.05) is 34.0 Å². The molecule has 2 aromatic heterocycles. The van der Waals surface area contributed by atoms with Crippen molar-refractivity contribution in [2.45, 2.75) is 5.41 Å². The van der Waals surface area contributed by atoms with Gasteiger partial charge in [0.05, 0.1) is 5.41 Å². The Balaban J connectivity index is 1.13. The first-order valence-electron chi connectivity index (χ1n) is 16.7. The highest BCUT2D eigenvalue weighted by molar-refractivity contribution is 5.90. The number of pyridine rings is 1. The van der Waals surface area contributed by atoms with Gasteiger partial charge in [0.2, 0.25) is 0 Å². The van der Waals surface area contributed by atoms with E-state index >= 15 is 0 Å². The van der Waals surface area contributed by atoms with Crippen molar-refractivity contribution in [3.63, 3.8) is 0 Å². The maximum absolute atomic E-state index is 6.88. The zero-order chi connectivity index (χ0) is 33.1. The number of benzene rings is 6. The van der Waals surface area contributed by atoms with E-state index in [4.69, 9.17) is 19.7 Å². The molecule has 0 fully saturated rings. The molecule has 6 aromatic carbocycles. The van der Waals surface area contributed by atoms with E-state index in [1.54, 1.807) is 6.20 Å². The zero-order valence-electron chi connectivity index (χ0n) is 26.9. The highest BCUT2D eigenvalue weighted by atomic mass is 16.5. The van der Waals surface area contributed by atoms with Crippen LogP contribution in [-0.4, -0.2) is 19.9 Å². The third-order valence-corrected chi connectivity index (χ3v) is 9.89. The summed E-state index contributed by atoms with van der Waals surface area (Å²) in [6.07, 6.45) is 1.75. The molecule has 1 aliphatic carbocycles. The predicted molar refractivity (Wildman–Crippen MR) is 197 cm³/mol. The Hall–Kier alpha value is -6.72. The van der Waals surface area contributed by atoms with Crippen molar-refractivity contribution < 1.29 is 4.74 Å². The molecule has 0 N–H and O–H groups in total. The second kappa shape index (κ2) is 11.2. The van der Waals surface area contributed by atoms with Crippen LogP contribution >= 0.6 is 0 Å². The highest BCUT2D eigenvalue weighted by Crippen LogP contribution is 2.63. The molecule has 0 radical (unpaired) electrons. The number of rotatable bonds is 4. The van der Waals surface area contributed by atoms with Crippen LogP contribution in [0, 0.1) is 0 Å². The number of fused-ring (bicyclic) bond motifs is 9. The molecular formula is C45H28N4O. The van der Waals surface area contributed by atoms with E-state index in [9.17, 15) is 0 Å². The molecule has 0 atom stereocenters. The molecule has 0 saturated carbocycles. The van der Waals surface area contributed by atoms with Gasteiger partial charge in [-0.3, -0.25) is 4.98 Å². The number of hydrogen-bond acceptors (Lipinski definition) is 5. The fraction of sp³-hybridized carbons (Fsp3) is 0.0222. The summed E-state index contributed by atoms with van der Waals surface area (Å²) in [6, 6.07) is 56.8. The van der Waals surface area contributed by atoms with Gasteiger partial charge in [0.1, 0.15) is 17.2 Å². The summed E-state index contributed by atoms with van der Waals surface area (Å²) in [7, 11) is 0. The Morgan fingerprint density at radius 2 is 0.920 bits per heavy atom. The molecule has 0 bridgehead atoms. The molecular weight excluding hydrogens is 613 g/mol. The van der Waals surface area contributed by atoms with Crippen LogP contribution in [0.25, 0.3) is 56.5 Å². The molecule has 0 saturated heterocycles. The fourth-order valence-corrected chi connectivity index (χ4v) is 7.74. The van der Waals surface area contributed by atoms with Gasteiger partial charge in [-0.1, -0.05) is 146 Å². The maximum Gasteiger partial charge on any atom is 0.182 e. The number of aromatic nitrogens is 4. The molecule has 234 valence electrons. The van der Waals surface area contributed by atoms with Crippen molar-refractivity contribution in [3.8, 4) is 68.0 Å². The lowest BCUT2D eigenvalue weighted by Crippen LogP contribution is -2.32. The van der Waals surface area contributed by atoms with Crippen molar-refractivity contribution in [2.75, 3.05) is 0 Å². The molecule has 0 amide bonds. The normalized spacial score (nSPS) is 13.1. The molecule has 50 heavy (non-hydrogen) atoms. The predicted octanol–water partition coefficient (Wildman–Crippen LogP) is 10.4. The lowest BCUT2D eigenvalue weighted by atomic mass is 9.65. The molecule has 0 unspecified atom stereocenters. The third-order valence-electron chi connectivity index (χ3n) is 9.89. The van der Waals surface area contributed by atoms with E-state index in [1.807, 2.05) is 48.5 Å². The first-order chi connectivity index (χ1) is 24.8. The van der Waals surface area contributed by atoms with Crippen LogP contribution in [0.5, 0.6) is 11.5 Å². The Bertz CT molecular complexity index is 2460. The van der Waals surface area contributed by atoms with Crippen LogP contribution in [0.15, 0.2) is 170 Å². The van der Waals surface area contributed by atoms with Gasteiger partial charge < -0.3 is 4.74 Å². The van der Waals surface area contributed by atoms with Crippen molar-refractivity contribution in [1.82, 2.24) is 19.9 Å². The van der Waals surface area contributed by atoms with Crippen LogP contribution in [-0.2, 0) is 5.41 Å². The van der Waals surface area contributed by atoms with Crippen LogP contribution in [0.3, 0.4) is 0 Å². The fourth-order valence-electron chi connectivity index (χ4n) is 7.74. The van der Waals surface area contributed by atoms with Gasteiger partial charge in [-0.2, -0.15) is 0 Å². The second-order valence-corrected chi connectivity index (χ2v) is 12.6. The summed E-state index contributed by atoms with van der Waals surface area (Å²) in [4.78, 5) is 19.1. The maximum atomic E-state index is 6.88. The van der Waals surface area contributed by atoms with E-state index < -0.39 is 5.41 Å². The standard InChI is InChI=1S/C45H28N4O/c1-2-13-30(14-3-1)42-47-43(49-44(48-42)39-22-10-11-28-46-39)31-26-24-29(25-27-31)32-17-12-21-38-41(32)50-40-23-9-8-20-37(40)45(38)35-18-6-4-15-33(35)34-16-5-7-19-36(34)45/h1-28H. The van der Waals surface area contributed by atoms with Crippen LogP contribution in [0.1, 0.15) is 22.3 Å². The minimum absolute atomic E-state index is 0.506. The van der Waals surface area contributed by atoms with Gasteiger partial charge in [-0.05, 0) is 46.0 Å². The lowest BCUT2D eigenvalue weighted by molar-refractivity contribution is 0.438. The Morgan fingerprint density at radius 1 is 0.380 bits per heavy atom. The molecule has 2 aliphatic rings. The van der Waals surface area contributed by atoms with E-state index in [2.05, 4.69) is 120 Å². The number of hydrogen-bond donors (Lipinski definition) is 0. The van der Waals surface area contributed by atoms with Crippen molar-refractivity contribution in [3.05, 3.63) is 192 Å².